The zero-order valence-electron chi connectivity index (χ0n) is 8.68. The van der Waals surface area contributed by atoms with Crippen LogP contribution in [0.3, 0.4) is 0 Å². The largest absolute Gasteiger partial charge is 0.462 e. The van der Waals surface area contributed by atoms with Crippen molar-refractivity contribution in [3.63, 3.8) is 0 Å². The van der Waals surface area contributed by atoms with Crippen LogP contribution in [0.25, 0.3) is 0 Å². The van der Waals surface area contributed by atoms with Gasteiger partial charge in [0.05, 0.1) is 6.61 Å². The van der Waals surface area contributed by atoms with Crippen LogP contribution in [0.4, 0.5) is 17.6 Å². The molecular weight excluding hydrogens is 244 g/mol. The molecular formula is C10H8F4O3. The van der Waals surface area contributed by atoms with Gasteiger partial charge in [-0.3, -0.25) is 0 Å². The van der Waals surface area contributed by atoms with E-state index in [0.717, 1.165) is 0 Å². The lowest BCUT2D eigenvalue weighted by molar-refractivity contribution is -0.0501. The number of hydrogen-bond acceptors (Lipinski definition) is 3. The summed E-state index contributed by atoms with van der Waals surface area (Å²) in [6, 6.07) is 1.08. The molecule has 7 heteroatoms. The van der Waals surface area contributed by atoms with E-state index in [4.69, 9.17) is 0 Å². The van der Waals surface area contributed by atoms with Crippen LogP contribution in [0.1, 0.15) is 17.3 Å². The second kappa shape index (κ2) is 5.51. The number of esters is 1. The van der Waals surface area contributed by atoms with Gasteiger partial charge in [-0.15, -0.1) is 0 Å². The molecule has 0 saturated carbocycles. The van der Waals surface area contributed by atoms with E-state index >= 15 is 0 Å². The molecule has 0 saturated heterocycles. The van der Waals surface area contributed by atoms with Crippen molar-refractivity contribution in [2.75, 3.05) is 6.61 Å². The first-order valence-electron chi connectivity index (χ1n) is 4.56. The van der Waals surface area contributed by atoms with Gasteiger partial charge >= 0.3 is 12.6 Å². The Kier molecular flexibility index (Phi) is 4.30. The summed E-state index contributed by atoms with van der Waals surface area (Å²) in [5.74, 6) is -4.73. The van der Waals surface area contributed by atoms with Crippen LogP contribution in [-0.4, -0.2) is 19.2 Å². The number of halogens is 4. The predicted octanol–water partition coefficient (Wildman–Crippen LogP) is 2.74. The molecule has 94 valence electrons. The van der Waals surface area contributed by atoms with E-state index in [2.05, 4.69) is 9.47 Å². The molecule has 0 aliphatic carbocycles. The van der Waals surface area contributed by atoms with Gasteiger partial charge in [0.1, 0.15) is 11.3 Å². The van der Waals surface area contributed by atoms with Crippen LogP contribution < -0.4 is 4.74 Å². The van der Waals surface area contributed by atoms with Crippen LogP contribution >= 0.6 is 0 Å². The maximum Gasteiger partial charge on any atom is 0.387 e. The van der Waals surface area contributed by atoms with Gasteiger partial charge in [-0.25, -0.2) is 13.6 Å². The van der Waals surface area contributed by atoms with Gasteiger partial charge in [0.25, 0.3) is 0 Å². The Morgan fingerprint density at radius 2 is 2.00 bits per heavy atom. The zero-order chi connectivity index (χ0) is 13.0. The minimum atomic E-state index is -3.20. The number of alkyl halides is 2. The van der Waals surface area contributed by atoms with E-state index in [-0.39, 0.29) is 6.61 Å². The van der Waals surface area contributed by atoms with E-state index < -0.39 is 35.5 Å². The molecule has 17 heavy (non-hydrogen) atoms. The molecule has 0 aromatic heterocycles. The summed E-state index contributed by atoms with van der Waals surface area (Å²) in [6.45, 7) is -1.79. The first-order chi connectivity index (χ1) is 7.95. The Labute approximate surface area is 93.9 Å². The van der Waals surface area contributed by atoms with E-state index in [1.54, 1.807) is 0 Å². The van der Waals surface area contributed by atoms with E-state index in [0.29, 0.717) is 12.1 Å². The average Bonchev–Trinajstić information content (AvgIpc) is 2.22. The molecule has 0 atom stereocenters. The van der Waals surface area contributed by atoms with Crippen LogP contribution in [-0.2, 0) is 4.74 Å². The highest BCUT2D eigenvalue weighted by Crippen LogP contribution is 2.22. The van der Waals surface area contributed by atoms with Gasteiger partial charge in [0.2, 0.25) is 0 Å². The topological polar surface area (TPSA) is 35.5 Å². The van der Waals surface area contributed by atoms with Crippen molar-refractivity contribution in [3.8, 4) is 5.75 Å². The van der Waals surface area contributed by atoms with Gasteiger partial charge in [-0.2, -0.15) is 8.78 Å². The normalized spacial score (nSPS) is 10.5. The molecule has 1 rings (SSSR count). The molecule has 1 aromatic rings. The summed E-state index contributed by atoms with van der Waals surface area (Å²) in [4.78, 5) is 11.2. The fourth-order valence-corrected chi connectivity index (χ4v) is 1.09. The van der Waals surface area contributed by atoms with Gasteiger partial charge in [-0.1, -0.05) is 0 Å². The van der Waals surface area contributed by atoms with Crippen molar-refractivity contribution in [1.29, 1.82) is 0 Å². The highest BCUT2D eigenvalue weighted by Gasteiger charge is 2.20. The first kappa shape index (κ1) is 13.3. The molecule has 0 aliphatic heterocycles. The highest BCUT2D eigenvalue weighted by atomic mass is 19.3. The van der Waals surface area contributed by atoms with Crippen molar-refractivity contribution < 1.29 is 31.8 Å². The van der Waals surface area contributed by atoms with Gasteiger partial charge in [0.15, 0.2) is 11.6 Å². The van der Waals surface area contributed by atoms with Crippen LogP contribution in [0.2, 0.25) is 0 Å². The molecule has 3 nitrogen and oxygen atoms in total. The lowest BCUT2D eigenvalue weighted by Gasteiger charge is -2.08. The summed E-state index contributed by atoms with van der Waals surface area (Å²) in [5.41, 5.74) is -0.789. The molecule has 0 aliphatic rings. The summed E-state index contributed by atoms with van der Waals surface area (Å²) < 4.78 is 58.2. The van der Waals surface area contributed by atoms with Gasteiger partial charge in [-0.05, 0) is 13.0 Å². The molecule has 0 fully saturated rings. The van der Waals surface area contributed by atoms with Crippen LogP contribution in [0.15, 0.2) is 12.1 Å². The number of hydrogen-bond donors (Lipinski definition) is 0. The van der Waals surface area contributed by atoms with Gasteiger partial charge in [0, 0.05) is 6.07 Å². The third kappa shape index (κ3) is 3.33. The second-order valence-corrected chi connectivity index (χ2v) is 2.87. The maximum atomic E-state index is 13.2. The number of carbonyl (C=O) groups excluding carboxylic acids is 1. The first-order valence-corrected chi connectivity index (χ1v) is 4.56. The molecule has 0 spiro atoms. The molecule has 1 aromatic carbocycles. The molecule has 0 N–H and O–H groups in total. The molecule has 0 radical (unpaired) electrons. The van der Waals surface area contributed by atoms with Crippen molar-refractivity contribution in [1.82, 2.24) is 0 Å². The van der Waals surface area contributed by atoms with Crippen molar-refractivity contribution in [2.45, 2.75) is 13.5 Å². The molecule has 0 unspecified atom stereocenters. The minimum Gasteiger partial charge on any atom is -0.462 e. The smallest absolute Gasteiger partial charge is 0.387 e. The van der Waals surface area contributed by atoms with E-state index in [9.17, 15) is 22.4 Å². The van der Waals surface area contributed by atoms with Crippen LogP contribution in [0, 0.1) is 11.6 Å². The third-order valence-corrected chi connectivity index (χ3v) is 1.72. The predicted molar refractivity (Wildman–Crippen MR) is 48.9 cm³/mol. The molecule has 0 amide bonds. The van der Waals surface area contributed by atoms with Gasteiger partial charge < -0.3 is 9.47 Å². The third-order valence-electron chi connectivity index (χ3n) is 1.72. The van der Waals surface area contributed by atoms with Crippen molar-refractivity contribution >= 4 is 5.97 Å². The lowest BCUT2D eigenvalue weighted by atomic mass is 10.2. The quantitative estimate of drug-likeness (QED) is 0.610. The number of rotatable bonds is 4. The van der Waals surface area contributed by atoms with E-state index in [1.807, 2.05) is 0 Å². The molecule has 0 bridgehead atoms. The second-order valence-electron chi connectivity index (χ2n) is 2.87. The summed E-state index contributed by atoms with van der Waals surface area (Å²) in [5, 5.41) is 0. The van der Waals surface area contributed by atoms with Crippen LogP contribution in [0.5, 0.6) is 5.75 Å². The number of ether oxygens (including phenoxy) is 2. The Morgan fingerprint density at radius 3 is 2.53 bits per heavy atom. The standard InChI is InChI=1S/C10H8F4O3/c1-2-16-9(15)6-3-5(17-10(13)14)4-7(11)8(6)12/h3-4,10H,2H2,1H3. The van der Waals surface area contributed by atoms with E-state index in [1.165, 1.54) is 6.92 Å². The Balaban J connectivity index is 3.10. The summed E-state index contributed by atoms with van der Waals surface area (Å²) in [6.07, 6.45) is 0. The fourth-order valence-electron chi connectivity index (χ4n) is 1.09. The number of carbonyl (C=O) groups is 1. The van der Waals surface area contributed by atoms with Crippen molar-refractivity contribution in [2.24, 2.45) is 0 Å². The highest BCUT2D eigenvalue weighted by molar-refractivity contribution is 5.90. The maximum absolute atomic E-state index is 13.2. The number of benzene rings is 1. The average molecular weight is 252 g/mol. The zero-order valence-corrected chi connectivity index (χ0v) is 8.68. The Morgan fingerprint density at radius 1 is 1.35 bits per heavy atom. The Hall–Kier alpha value is -1.79. The summed E-state index contributed by atoms with van der Waals surface area (Å²) in [7, 11) is 0. The molecule has 0 heterocycles. The fraction of sp³-hybridized carbons (Fsp3) is 0.300. The minimum absolute atomic E-state index is 0.0557. The SMILES string of the molecule is CCOC(=O)c1cc(OC(F)F)cc(F)c1F. The summed E-state index contributed by atoms with van der Waals surface area (Å²) >= 11 is 0. The Bertz CT molecular complexity index is 420. The lowest BCUT2D eigenvalue weighted by Crippen LogP contribution is -2.10. The van der Waals surface area contributed by atoms with Crippen molar-refractivity contribution in [3.05, 3.63) is 29.3 Å². The monoisotopic (exact) mass is 252 g/mol.